The molecule has 2 aromatic rings. The first-order valence-corrected chi connectivity index (χ1v) is 7.85. The Morgan fingerprint density at radius 1 is 1.08 bits per heavy atom. The maximum absolute atomic E-state index is 13.2. The number of piperidine rings is 1. The molecular formula is C19H19F2NO2. The first-order valence-electron chi connectivity index (χ1n) is 7.85. The van der Waals surface area contributed by atoms with Gasteiger partial charge in [0.05, 0.1) is 5.92 Å². The average molecular weight is 331 g/mol. The second-order valence-electron chi connectivity index (χ2n) is 6.32. The highest BCUT2D eigenvalue weighted by Gasteiger charge is 2.48. The van der Waals surface area contributed by atoms with Crippen LogP contribution in [0, 0.1) is 17.6 Å². The molecule has 1 heterocycles. The van der Waals surface area contributed by atoms with Crippen molar-refractivity contribution in [3.05, 3.63) is 71.3 Å². The van der Waals surface area contributed by atoms with E-state index in [9.17, 15) is 18.7 Å². The van der Waals surface area contributed by atoms with E-state index in [2.05, 4.69) is 0 Å². The van der Waals surface area contributed by atoms with Crippen LogP contribution in [0.4, 0.5) is 8.78 Å². The molecule has 1 N–H and O–H groups in total. The van der Waals surface area contributed by atoms with Gasteiger partial charge in [0.15, 0.2) is 0 Å². The lowest BCUT2D eigenvalue weighted by atomic mass is 9.71. The summed E-state index contributed by atoms with van der Waals surface area (Å²) in [6.07, 6.45) is 1.10. The van der Waals surface area contributed by atoms with Crippen molar-refractivity contribution in [2.45, 2.75) is 18.1 Å². The number of likely N-dealkylation sites (tertiary alicyclic amines) is 1. The quantitative estimate of drug-likeness (QED) is 0.879. The molecule has 3 unspecified atom stereocenters. The van der Waals surface area contributed by atoms with Crippen LogP contribution in [0.15, 0.2) is 48.5 Å². The summed E-state index contributed by atoms with van der Waals surface area (Å²) in [5, 5.41) is 11.2. The van der Waals surface area contributed by atoms with Crippen LogP contribution < -0.4 is 0 Å². The van der Waals surface area contributed by atoms with Gasteiger partial charge >= 0.3 is 0 Å². The number of carbonyl (C=O) groups is 1. The summed E-state index contributed by atoms with van der Waals surface area (Å²) in [6, 6.07) is 11.1. The molecule has 0 aliphatic carbocycles. The largest absolute Gasteiger partial charge is 0.384 e. The summed E-state index contributed by atoms with van der Waals surface area (Å²) in [5.41, 5.74) is -0.112. The first-order chi connectivity index (χ1) is 11.5. The number of nitrogens with zero attached hydrogens (tertiary/aromatic N) is 1. The molecule has 1 aliphatic heterocycles. The van der Waals surface area contributed by atoms with E-state index in [0.29, 0.717) is 18.5 Å². The van der Waals surface area contributed by atoms with E-state index in [1.807, 2.05) is 11.9 Å². The van der Waals surface area contributed by atoms with Crippen molar-refractivity contribution in [1.82, 2.24) is 4.90 Å². The van der Waals surface area contributed by atoms with Gasteiger partial charge in [0.2, 0.25) is 0 Å². The van der Waals surface area contributed by atoms with Crippen LogP contribution in [0.25, 0.3) is 0 Å². The number of aliphatic hydroxyl groups is 1. The van der Waals surface area contributed by atoms with Crippen LogP contribution in [-0.4, -0.2) is 29.9 Å². The van der Waals surface area contributed by atoms with Gasteiger partial charge in [-0.05, 0) is 48.9 Å². The van der Waals surface area contributed by atoms with Gasteiger partial charge in [0.1, 0.15) is 23.5 Å². The minimum Gasteiger partial charge on any atom is -0.384 e. The zero-order chi connectivity index (χ0) is 17.3. The third-order valence-corrected chi connectivity index (χ3v) is 4.91. The number of aldehydes is 1. The molecule has 2 aromatic carbocycles. The smallest absolute Gasteiger partial charge is 0.128 e. The van der Waals surface area contributed by atoms with E-state index in [-0.39, 0.29) is 11.9 Å². The molecule has 0 aromatic heterocycles. The number of carbonyl (C=O) groups excluding carboxylic acids is 1. The van der Waals surface area contributed by atoms with Crippen molar-refractivity contribution in [3.63, 3.8) is 0 Å². The van der Waals surface area contributed by atoms with Crippen LogP contribution in [0.2, 0.25) is 0 Å². The van der Waals surface area contributed by atoms with E-state index >= 15 is 0 Å². The molecule has 3 atom stereocenters. The van der Waals surface area contributed by atoms with Gasteiger partial charge in [0.25, 0.3) is 0 Å². The van der Waals surface area contributed by atoms with Gasteiger partial charge in [-0.25, -0.2) is 8.78 Å². The van der Waals surface area contributed by atoms with E-state index in [1.54, 1.807) is 12.1 Å². The number of hydrogen-bond acceptors (Lipinski definition) is 3. The van der Waals surface area contributed by atoms with Crippen LogP contribution >= 0.6 is 0 Å². The van der Waals surface area contributed by atoms with Crippen molar-refractivity contribution in [2.24, 2.45) is 5.92 Å². The highest BCUT2D eigenvalue weighted by molar-refractivity contribution is 5.60. The van der Waals surface area contributed by atoms with Gasteiger partial charge in [-0.3, -0.25) is 4.90 Å². The average Bonchev–Trinajstić information content (AvgIpc) is 2.58. The fraction of sp³-hybridized carbons (Fsp3) is 0.316. The molecule has 0 radical (unpaired) electrons. The van der Waals surface area contributed by atoms with E-state index in [1.165, 1.54) is 36.4 Å². The molecule has 126 valence electrons. The van der Waals surface area contributed by atoms with Crippen molar-refractivity contribution in [1.29, 1.82) is 0 Å². The lowest BCUT2D eigenvalue weighted by Gasteiger charge is -2.47. The predicted molar refractivity (Wildman–Crippen MR) is 86.2 cm³/mol. The molecule has 3 nitrogen and oxygen atoms in total. The van der Waals surface area contributed by atoms with Crippen LogP contribution in [0.3, 0.4) is 0 Å². The summed E-state index contributed by atoms with van der Waals surface area (Å²) in [7, 11) is 1.87. The van der Waals surface area contributed by atoms with Gasteiger partial charge < -0.3 is 9.90 Å². The molecule has 1 saturated heterocycles. The van der Waals surface area contributed by atoms with Crippen molar-refractivity contribution < 1.29 is 18.7 Å². The molecular weight excluding hydrogens is 312 g/mol. The molecule has 3 rings (SSSR count). The number of hydrogen-bond donors (Lipinski definition) is 1. The van der Waals surface area contributed by atoms with Gasteiger partial charge in [-0.2, -0.15) is 0 Å². The molecule has 0 bridgehead atoms. The minimum absolute atomic E-state index is 0.353. The van der Waals surface area contributed by atoms with E-state index in [0.717, 1.165) is 11.8 Å². The lowest BCUT2D eigenvalue weighted by Crippen LogP contribution is -2.51. The van der Waals surface area contributed by atoms with Crippen LogP contribution in [0.1, 0.15) is 23.6 Å². The van der Waals surface area contributed by atoms with Gasteiger partial charge in [-0.1, -0.05) is 24.3 Å². The van der Waals surface area contributed by atoms with Crippen LogP contribution in [-0.2, 0) is 10.4 Å². The Balaban J connectivity index is 2.04. The number of halogens is 2. The van der Waals surface area contributed by atoms with E-state index < -0.39 is 17.3 Å². The molecule has 1 aliphatic rings. The fourth-order valence-electron chi connectivity index (χ4n) is 3.57. The van der Waals surface area contributed by atoms with Crippen LogP contribution in [0.5, 0.6) is 0 Å². The minimum atomic E-state index is -1.39. The highest BCUT2D eigenvalue weighted by atomic mass is 19.1. The fourth-order valence-corrected chi connectivity index (χ4v) is 3.57. The topological polar surface area (TPSA) is 40.5 Å². The zero-order valence-corrected chi connectivity index (χ0v) is 13.3. The number of benzene rings is 2. The zero-order valence-electron chi connectivity index (χ0n) is 13.3. The Morgan fingerprint density at radius 3 is 2.17 bits per heavy atom. The Bertz CT molecular complexity index is 717. The maximum Gasteiger partial charge on any atom is 0.128 e. The summed E-state index contributed by atoms with van der Waals surface area (Å²) in [5.74, 6) is -1.49. The predicted octanol–water partition coefficient (Wildman–Crippen LogP) is 3.04. The monoisotopic (exact) mass is 331 g/mol. The standard InChI is InChI=1S/C19H19F2NO2/c1-22-11-10-19(24,14-4-8-16(21)9-5-14)17(12-23)18(22)13-2-6-15(20)7-3-13/h2-9,12,17-18,24H,10-11H2,1H3. The summed E-state index contributed by atoms with van der Waals surface area (Å²) < 4.78 is 26.4. The Kier molecular flexibility index (Phi) is 4.47. The van der Waals surface area contributed by atoms with E-state index in [4.69, 9.17) is 0 Å². The van der Waals surface area contributed by atoms with Gasteiger partial charge in [-0.15, -0.1) is 0 Å². The maximum atomic E-state index is 13.2. The molecule has 0 spiro atoms. The van der Waals surface area contributed by atoms with Gasteiger partial charge in [0, 0.05) is 12.6 Å². The third-order valence-electron chi connectivity index (χ3n) is 4.91. The molecule has 1 fully saturated rings. The normalized spacial score (nSPS) is 27.8. The highest BCUT2D eigenvalue weighted by Crippen LogP contribution is 2.45. The molecule has 0 saturated carbocycles. The second-order valence-corrected chi connectivity index (χ2v) is 6.32. The first kappa shape index (κ1) is 16.7. The summed E-state index contributed by atoms with van der Waals surface area (Å²) in [4.78, 5) is 13.9. The van der Waals surface area contributed by atoms with Crippen molar-refractivity contribution >= 4 is 6.29 Å². The third kappa shape index (κ3) is 2.85. The molecule has 24 heavy (non-hydrogen) atoms. The van der Waals surface area contributed by atoms with Crippen molar-refractivity contribution in [3.8, 4) is 0 Å². The Hall–Kier alpha value is -2.11. The Labute approximate surface area is 139 Å². The molecule has 0 amide bonds. The second kappa shape index (κ2) is 6.42. The summed E-state index contributed by atoms with van der Waals surface area (Å²) >= 11 is 0. The Morgan fingerprint density at radius 2 is 1.62 bits per heavy atom. The van der Waals surface area contributed by atoms with Crippen molar-refractivity contribution in [2.75, 3.05) is 13.6 Å². The lowest BCUT2D eigenvalue weighted by molar-refractivity contribution is -0.137. The molecule has 5 heteroatoms. The number of rotatable bonds is 3. The SMILES string of the molecule is CN1CCC(O)(c2ccc(F)cc2)C(C=O)C1c1ccc(F)cc1. The summed E-state index contributed by atoms with van der Waals surface area (Å²) in [6.45, 7) is 0.556.